The molecule has 0 fully saturated rings. The molecule has 0 spiro atoms. The van der Waals surface area contributed by atoms with Crippen LogP contribution in [-0.4, -0.2) is 67.3 Å². The molecule has 0 aliphatic heterocycles. The molecule has 0 aromatic carbocycles. The predicted octanol–water partition coefficient (Wildman–Crippen LogP) is 11.4. The zero-order valence-corrected chi connectivity index (χ0v) is 33.6. The van der Waals surface area contributed by atoms with Crippen LogP contribution in [0.2, 0.25) is 0 Å². The van der Waals surface area contributed by atoms with Crippen molar-refractivity contribution in [2.24, 2.45) is 0 Å². The first-order valence-electron chi connectivity index (χ1n) is 21.0. The van der Waals surface area contributed by atoms with Crippen molar-refractivity contribution in [3.8, 4) is 0 Å². The SMILES string of the molecule is CCCCCCCCCCCCCCCCCCOCCCCCCCCCCCCCCCCCC.O=S(=O)(O)O.OCCNCCO. The van der Waals surface area contributed by atoms with Crippen molar-refractivity contribution in [2.45, 2.75) is 219 Å². The van der Waals surface area contributed by atoms with E-state index in [-0.39, 0.29) is 13.2 Å². The second-order valence-electron chi connectivity index (χ2n) is 13.9. The molecule has 0 bridgehead atoms. The maximum atomic E-state index is 8.74. The number of aliphatic hydroxyl groups excluding tert-OH is 2. The number of aliphatic hydroxyl groups is 2. The van der Waals surface area contributed by atoms with Gasteiger partial charge >= 0.3 is 10.4 Å². The Balaban J connectivity index is -0.00000149. The van der Waals surface area contributed by atoms with Gasteiger partial charge in [-0.05, 0) is 12.8 Å². The van der Waals surface area contributed by atoms with E-state index in [1.807, 2.05) is 0 Å². The molecule has 8 nitrogen and oxygen atoms in total. The summed E-state index contributed by atoms with van der Waals surface area (Å²) < 4.78 is 37.5. The highest BCUT2D eigenvalue weighted by atomic mass is 32.3. The van der Waals surface area contributed by atoms with Crippen molar-refractivity contribution in [3.05, 3.63) is 0 Å². The van der Waals surface area contributed by atoms with Gasteiger partial charge in [0.25, 0.3) is 0 Å². The molecule has 0 aliphatic rings. The van der Waals surface area contributed by atoms with Crippen molar-refractivity contribution in [1.29, 1.82) is 0 Å². The largest absolute Gasteiger partial charge is 0.395 e. The number of hydrogen-bond acceptors (Lipinski definition) is 6. The fraction of sp³-hybridized carbons (Fsp3) is 1.00. The summed E-state index contributed by atoms with van der Waals surface area (Å²) in [5.41, 5.74) is 0. The van der Waals surface area contributed by atoms with Crippen molar-refractivity contribution in [3.63, 3.8) is 0 Å². The Labute approximate surface area is 306 Å². The van der Waals surface area contributed by atoms with E-state index in [0.29, 0.717) is 13.1 Å². The Kier molecular flexibility index (Phi) is 54.0. The van der Waals surface area contributed by atoms with Gasteiger partial charge in [-0.25, -0.2) is 0 Å². The quantitative estimate of drug-likeness (QED) is 0.0313. The van der Waals surface area contributed by atoms with E-state index in [0.717, 1.165) is 13.2 Å². The maximum Gasteiger partial charge on any atom is 0.394 e. The lowest BCUT2D eigenvalue weighted by Crippen LogP contribution is -2.21. The molecule has 0 saturated heterocycles. The fourth-order valence-electron chi connectivity index (χ4n) is 5.89. The monoisotopic (exact) mass is 726 g/mol. The van der Waals surface area contributed by atoms with Crippen LogP contribution in [-0.2, 0) is 15.1 Å². The average Bonchev–Trinajstić information content (AvgIpc) is 3.07. The minimum Gasteiger partial charge on any atom is -0.395 e. The van der Waals surface area contributed by atoms with Crippen molar-refractivity contribution >= 4 is 10.4 Å². The van der Waals surface area contributed by atoms with Crippen LogP contribution in [0.15, 0.2) is 0 Å². The molecule has 0 radical (unpaired) electrons. The van der Waals surface area contributed by atoms with Gasteiger partial charge in [-0.2, -0.15) is 8.42 Å². The standard InChI is InChI=1S/C36H74O.C4H11NO2.H2O4S/c1-3-5-7-9-11-13-15-17-19-21-23-25-27-29-31-33-35-37-36-34-32-30-28-26-24-22-20-18-16-14-12-10-8-6-4-2;6-3-1-5-2-4-7;1-5(2,3)4/h3-36H2,1-2H3;5-7H,1-4H2;(H2,1,2,3,4). The Hall–Kier alpha value is -0.290. The predicted molar refractivity (Wildman–Crippen MR) is 211 cm³/mol. The minimum atomic E-state index is -4.67. The smallest absolute Gasteiger partial charge is 0.394 e. The fourth-order valence-corrected chi connectivity index (χ4v) is 5.89. The Morgan fingerprint density at radius 3 is 0.755 bits per heavy atom. The van der Waals surface area contributed by atoms with Crippen molar-refractivity contribution in [2.75, 3.05) is 39.5 Å². The molecular formula is C40H87NO7S. The van der Waals surface area contributed by atoms with Gasteiger partial charge in [0.15, 0.2) is 0 Å². The first-order valence-corrected chi connectivity index (χ1v) is 22.4. The highest BCUT2D eigenvalue weighted by Gasteiger charge is 1.97. The molecule has 300 valence electrons. The molecule has 0 saturated carbocycles. The Bertz CT molecular complexity index is 607. The van der Waals surface area contributed by atoms with Crippen LogP contribution < -0.4 is 5.32 Å². The molecule has 5 N–H and O–H groups in total. The van der Waals surface area contributed by atoms with E-state index < -0.39 is 10.4 Å². The van der Waals surface area contributed by atoms with Crippen LogP contribution in [0.25, 0.3) is 0 Å². The molecule has 0 amide bonds. The van der Waals surface area contributed by atoms with Gasteiger partial charge in [0, 0.05) is 26.3 Å². The van der Waals surface area contributed by atoms with Gasteiger partial charge in [0.1, 0.15) is 0 Å². The van der Waals surface area contributed by atoms with E-state index in [1.165, 1.54) is 205 Å². The molecule has 0 heterocycles. The van der Waals surface area contributed by atoms with Gasteiger partial charge in [0.2, 0.25) is 0 Å². The van der Waals surface area contributed by atoms with E-state index in [1.54, 1.807) is 0 Å². The van der Waals surface area contributed by atoms with Gasteiger partial charge < -0.3 is 20.3 Å². The zero-order valence-electron chi connectivity index (χ0n) is 32.8. The van der Waals surface area contributed by atoms with E-state index >= 15 is 0 Å². The third-order valence-electron chi connectivity index (χ3n) is 8.86. The first kappa shape index (κ1) is 53.1. The lowest BCUT2D eigenvalue weighted by molar-refractivity contribution is 0.125. The number of ether oxygens (including phenoxy) is 1. The summed E-state index contributed by atoms with van der Waals surface area (Å²) in [5.74, 6) is 0. The Morgan fingerprint density at radius 1 is 0.388 bits per heavy atom. The lowest BCUT2D eigenvalue weighted by Gasteiger charge is -2.06. The summed E-state index contributed by atoms with van der Waals surface area (Å²) in [5, 5.41) is 19.1. The number of nitrogens with one attached hydrogen (secondary N) is 1. The van der Waals surface area contributed by atoms with Crippen LogP contribution in [0.5, 0.6) is 0 Å². The Morgan fingerprint density at radius 2 is 0.571 bits per heavy atom. The molecule has 0 atom stereocenters. The summed E-state index contributed by atoms with van der Waals surface area (Å²) in [4.78, 5) is 0. The van der Waals surface area contributed by atoms with Crippen LogP contribution in [0.1, 0.15) is 219 Å². The summed E-state index contributed by atoms with van der Waals surface area (Å²) in [6.07, 6.45) is 46.0. The summed E-state index contributed by atoms with van der Waals surface area (Å²) in [6.45, 7) is 8.02. The topological polar surface area (TPSA) is 136 Å². The van der Waals surface area contributed by atoms with Crippen LogP contribution >= 0.6 is 0 Å². The number of hydrogen-bond donors (Lipinski definition) is 5. The molecule has 0 rings (SSSR count). The van der Waals surface area contributed by atoms with Crippen LogP contribution in [0.4, 0.5) is 0 Å². The average molecular weight is 726 g/mol. The number of rotatable bonds is 38. The van der Waals surface area contributed by atoms with Crippen molar-refractivity contribution in [1.82, 2.24) is 5.32 Å². The number of unbranched alkanes of at least 4 members (excludes halogenated alkanes) is 30. The zero-order chi connectivity index (χ0) is 36.8. The normalized spacial score (nSPS) is 11.2. The third kappa shape index (κ3) is 70.1. The summed E-state index contributed by atoms with van der Waals surface area (Å²) in [6, 6.07) is 0. The van der Waals surface area contributed by atoms with E-state index in [4.69, 9.17) is 32.5 Å². The van der Waals surface area contributed by atoms with Gasteiger partial charge in [-0.1, -0.05) is 206 Å². The van der Waals surface area contributed by atoms with E-state index in [9.17, 15) is 0 Å². The molecule has 0 aliphatic carbocycles. The van der Waals surface area contributed by atoms with Gasteiger partial charge in [0.05, 0.1) is 13.2 Å². The van der Waals surface area contributed by atoms with Crippen LogP contribution in [0.3, 0.4) is 0 Å². The molecule has 0 unspecified atom stereocenters. The first-order chi connectivity index (χ1) is 23.8. The molecule has 0 aromatic heterocycles. The molecule has 0 aromatic rings. The van der Waals surface area contributed by atoms with Gasteiger partial charge in [-0.3, -0.25) is 9.11 Å². The highest BCUT2D eigenvalue weighted by Crippen LogP contribution is 2.15. The molecule has 49 heavy (non-hydrogen) atoms. The van der Waals surface area contributed by atoms with E-state index in [2.05, 4.69) is 19.2 Å². The third-order valence-corrected chi connectivity index (χ3v) is 8.86. The molecule has 9 heteroatoms. The van der Waals surface area contributed by atoms with Crippen molar-refractivity contribution < 1.29 is 32.5 Å². The molecular weight excluding hydrogens is 639 g/mol. The second-order valence-corrected chi connectivity index (χ2v) is 14.8. The maximum absolute atomic E-state index is 8.74. The highest BCUT2D eigenvalue weighted by molar-refractivity contribution is 7.79. The lowest BCUT2D eigenvalue weighted by atomic mass is 10.0. The summed E-state index contributed by atoms with van der Waals surface area (Å²) in [7, 11) is -4.67. The van der Waals surface area contributed by atoms with Crippen LogP contribution in [0, 0.1) is 0 Å². The summed E-state index contributed by atoms with van der Waals surface area (Å²) >= 11 is 0. The van der Waals surface area contributed by atoms with Gasteiger partial charge in [-0.15, -0.1) is 0 Å². The second kappa shape index (κ2) is 49.8. The minimum absolute atomic E-state index is 0.139.